The molecule has 0 aromatic carbocycles. The lowest BCUT2D eigenvalue weighted by atomic mass is 9.97. The van der Waals surface area contributed by atoms with E-state index in [1.54, 1.807) is 11.3 Å². The molecule has 4 heterocycles. The summed E-state index contributed by atoms with van der Waals surface area (Å²) in [6.45, 7) is 6.54. The van der Waals surface area contributed by atoms with Crippen molar-refractivity contribution in [1.29, 1.82) is 0 Å². The number of piperidine rings is 1. The van der Waals surface area contributed by atoms with Crippen molar-refractivity contribution in [2.75, 3.05) is 13.1 Å². The lowest BCUT2D eigenvalue weighted by Gasteiger charge is -2.32. The first-order chi connectivity index (χ1) is 11.8. The number of fused-ring (bicyclic) bond motifs is 1. The number of thiazole rings is 1. The van der Waals surface area contributed by atoms with E-state index in [1.807, 2.05) is 0 Å². The molecule has 6 heteroatoms. The molecule has 5 nitrogen and oxygen atoms in total. The highest BCUT2D eigenvalue weighted by Crippen LogP contribution is 2.28. The van der Waals surface area contributed by atoms with Crippen LogP contribution in [0.4, 0.5) is 0 Å². The molecule has 0 spiro atoms. The molecule has 1 atom stereocenters. The Morgan fingerprint density at radius 3 is 3.00 bits per heavy atom. The van der Waals surface area contributed by atoms with E-state index in [0.717, 1.165) is 32.5 Å². The van der Waals surface area contributed by atoms with Crippen molar-refractivity contribution in [2.24, 2.45) is 0 Å². The Bertz CT molecular complexity index is 677. The molecule has 130 valence electrons. The van der Waals surface area contributed by atoms with Gasteiger partial charge in [-0.05, 0) is 38.6 Å². The zero-order valence-corrected chi connectivity index (χ0v) is 15.4. The number of aromatic nitrogens is 4. The van der Waals surface area contributed by atoms with E-state index in [4.69, 9.17) is 4.98 Å². The van der Waals surface area contributed by atoms with Gasteiger partial charge in [0.15, 0.2) is 0 Å². The van der Waals surface area contributed by atoms with Crippen LogP contribution >= 0.6 is 11.3 Å². The van der Waals surface area contributed by atoms with Gasteiger partial charge < -0.3 is 4.57 Å². The fourth-order valence-electron chi connectivity index (χ4n) is 4.03. The van der Waals surface area contributed by atoms with E-state index in [2.05, 4.69) is 32.0 Å². The summed E-state index contributed by atoms with van der Waals surface area (Å²) < 4.78 is 2.43. The number of rotatable bonds is 4. The molecule has 0 bridgehead atoms. The van der Waals surface area contributed by atoms with Crippen molar-refractivity contribution in [3.63, 3.8) is 0 Å². The Morgan fingerprint density at radius 2 is 2.12 bits per heavy atom. The van der Waals surface area contributed by atoms with Crippen molar-refractivity contribution >= 4 is 11.3 Å². The molecule has 0 N–H and O–H groups in total. The average molecular weight is 346 g/mol. The number of aryl methyl sites for hydroxylation is 2. The number of likely N-dealkylation sites (tertiary alicyclic amines) is 1. The van der Waals surface area contributed by atoms with Gasteiger partial charge in [0.2, 0.25) is 0 Å². The molecule has 0 saturated carbocycles. The van der Waals surface area contributed by atoms with E-state index in [0.29, 0.717) is 5.92 Å². The Morgan fingerprint density at radius 1 is 1.17 bits per heavy atom. The first-order valence-corrected chi connectivity index (χ1v) is 10.3. The maximum Gasteiger partial charge on any atom is 0.137 e. The van der Waals surface area contributed by atoms with Crippen LogP contribution in [-0.2, 0) is 25.9 Å². The minimum absolute atomic E-state index is 0.530. The molecule has 2 aliphatic rings. The van der Waals surface area contributed by atoms with Crippen LogP contribution < -0.4 is 0 Å². The molecular weight excluding hydrogens is 318 g/mol. The summed E-state index contributed by atoms with van der Waals surface area (Å²) in [6.07, 6.45) is 8.49. The third kappa shape index (κ3) is 3.40. The summed E-state index contributed by atoms with van der Waals surface area (Å²) in [5, 5.41) is 12.6. The predicted octanol–water partition coefficient (Wildman–Crippen LogP) is 3.40. The Labute approximate surface area is 148 Å². The van der Waals surface area contributed by atoms with E-state index in [-0.39, 0.29) is 0 Å². The summed E-state index contributed by atoms with van der Waals surface area (Å²) in [6, 6.07) is 0. The molecule has 2 aromatic heterocycles. The molecular formula is C18H27N5S. The predicted molar refractivity (Wildman–Crippen MR) is 96.3 cm³/mol. The number of nitrogens with zero attached hydrogens (tertiary/aromatic N) is 5. The smallest absolute Gasteiger partial charge is 0.137 e. The third-order valence-corrected chi connectivity index (χ3v) is 6.34. The maximum atomic E-state index is 4.74. The number of hydrogen-bond donors (Lipinski definition) is 0. The monoisotopic (exact) mass is 345 g/mol. The van der Waals surface area contributed by atoms with Gasteiger partial charge in [0.25, 0.3) is 0 Å². The second kappa shape index (κ2) is 7.31. The zero-order valence-electron chi connectivity index (χ0n) is 14.6. The van der Waals surface area contributed by atoms with Crippen LogP contribution in [0.3, 0.4) is 0 Å². The van der Waals surface area contributed by atoms with Crippen LogP contribution in [0.5, 0.6) is 0 Å². The van der Waals surface area contributed by atoms with Crippen LogP contribution in [-0.4, -0.2) is 37.7 Å². The van der Waals surface area contributed by atoms with Crippen LogP contribution in [0.15, 0.2) is 5.38 Å². The van der Waals surface area contributed by atoms with Crippen molar-refractivity contribution in [2.45, 2.75) is 70.9 Å². The van der Waals surface area contributed by atoms with Gasteiger partial charge in [-0.25, -0.2) is 4.98 Å². The lowest BCUT2D eigenvalue weighted by Crippen LogP contribution is -2.35. The van der Waals surface area contributed by atoms with Crippen LogP contribution in [0.2, 0.25) is 0 Å². The molecule has 2 aliphatic heterocycles. The van der Waals surface area contributed by atoms with Crippen molar-refractivity contribution < 1.29 is 0 Å². The molecule has 0 amide bonds. The lowest BCUT2D eigenvalue weighted by molar-refractivity contribution is 0.192. The van der Waals surface area contributed by atoms with Crippen molar-refractivity contribution in [1.82, 2.24) is 24.6 Å². The van der Waals surface area contributed by atoms with Gasteiger partial charge in [0.1, 0.15) is 11.6 Å². The van der Waals surface area contributed by atoms with Crippen molar-refractivity contribution in [3.05, 3.63) is 27.7 Å². The molecule has 4 rings (SSSR count). The third-order valence-electron chi connectivity index (χ3n) is 5.30. The van der Waals surface area contributed by atoms with Crippen LogP contribution in [0.1, 0.15) is 67.3 Å². The molecule has 0 radical (unpaired) electrons. The second-order valence-corrected chi connectivity index (χ2v) is 8.04. The first kappa shape index (κ1) is 16.2. The SMILES string of the molecule is CCc1nc(CN2CCCC(c3nnc4n3CCCCC4)C2)cs1. The highest BCUT2D eigenvalue weighted by atomic mass is 32.1. The molecule has 1 fully saturated rings. The Balaban J connectivity index is 1.46. The van der Waals surface area contributed by atoms with Gasteiger partial charge in [-0.15, -0.1) is 21.5 Å². The highest BCUT2D eigenvalue weighted by molar-refractivity contribution is 7.09. The second-order valence-electron chi connectivity index (χ2n) is 7.10. The van der Waals surface area contributed by atoms with Gasteiger partial charge in [-0.1, -0.05) is 13.3 Å². The van der Waals surface area contributed by atoms with Crippen molar-refractivity contribution in [3.8, 4) is 0 Å². The average Bonchev–Trinajstić information content (AvgIpc) is 3.16. The standard InChI is InChI=1S/C18H27N5S/c1-2-17-19-15(13-24-17)12-22-9-6-7-14(11-22)18-21-20-16-8-4-3-5-10-23(16)18/h13-14H,2-12H2,1H3. The van der Waals surface area contributed by atoms with E-state index < -0.39 is 0 Å². The Kier molecular flexibility index (Phi) is 4.94. The fourth-order valence-corrected chi connectivity index (χ4v) is 4.77. The topological polar surface area (TPSA) is 46.8 Å². The van der Waals surface area contributed by atoms with Gasteiger partial charge in [-0.3, -0.25) is 4.90 Å². The number of hydrogen-bond acceptors (Lipinski definition) is 5. The largest absolute Gasteiger partial charge is 0.315 e. The first-order valence-electron chi connectivity index (χ1n) is 9.41. The Hall–Kier alpha value is -1.27. The van der Waals surface area contributed by atoms with Crippen LogP contribution in [0.25, 0.3) is 0 Å². The summed E-state index contributed by atoms with van der Waals surface area (Å²) in [5.41, 5.74) is 1.23. The fraction of sp³-hybridized carbons (Fsp3) is 0.722. The molecule has 24 heavy (non-hydrogen) atoms. The summed E-state index contributed by atoms with van der Waals surface area (Å²) >= 11 is 1.79. The highest BCUT2D eigenvalue weighted by Gasteiger charge is 2.27. The van der Waals surface area contributed by atoms with Gasteiger partial charge in [0.05, 0.1) is 10.7 Å². The van der Waals surface area contributed by atoms with E-state index in [9.17, 15) is 0 Å². The van der Waals surface area contributed by atoms with Gasteiger partial charge in [-0.2, -0.15) is 0 Å². The van der Waals surface area contributed by atoms with E-state index in [1.165, 1.54) is 61.0 Å². The normalized spacial score (nSPS) is 22.3. The minimum Gasteiger partial charge on any atom is -0.315 e. The minimum atomic E-state index is 0.530. The van der Waals surface area contributed by atoms with Gasteiger partial charge >= 0.3 is 0 Å². The summed E-state index contributed by atoms with van der Waals surface area (Å²) in [7, 11) is 0. The van der Waals surface area contributed by atoms with Gasteiger partial charge in [0, 0.05) is 37.4 Å². The molecule has 0 aliphatic carbocycles. The summed E-state index contributed by atoms with van der Waals surface area (Å²) in [4.78, 5) is 7.29. The quantitative estimate of drug-likeness (QED) is 0.852. The maximum absolute atomic E-state index is 4.74. The van der Waals surface area contributed by atoms with E-state index >= 15 is 0 Å². The molecule has 2 aromatic rings. The zero-order chi connectivity index (χ0) is 16.4. The van der Waals surface area contributed by atoms with Crippen LogP contribution in [0, 0.1) is 0 Å². The summed E-state index contributed by atoms with van der Waals surface area (Å²) in [5.74, 6) is 2.98. The molecule has 1 saturated heterocycles. The molecule has 1 unspecified atom stereocenters.